The van der Waals surface area contributed by atoms with Gasteiger partial charge in [0.25, 0.3) is 0 Å². The Morgan fingerprint density at radius 2 is 1.14 bits per heavy atom. The molecule has 0 spiro atoms. The first kappa shape index (κ1) is 13.4. The van der Waals surface area contributed by atoms with Gasteiger partial charge >= 0.3 is 27.5 Å². The van der Waals surface area contributed by atoms with Crippen molar-refractivity contribution in [3.8, 4) is 0 Å². The van der Waals surface area contributed by atoms with E-state index in [1.165, 1.54) is 0 Å². The second-order valence-electron chi connectivity index (χ2n) is 2.06. The highest BCUT2D eigenvalue weighted by molar-refractivity contribution is 7.87. The van der Waals surface area contributed by atoms with E-state index < -0.39 is 27.5 Å². The van der Waals surface area contributed by atoms with Crippen LogP contribution in [0.15, 0.2) is 0 Å². The fourth-order valence-electron chi connectivity index (χ4n) is 0.327. The van der Waals surface area contributed by atoms with Crippen LogP contribution in [0.1, 0.15) is 0 Å². The minimum absolute atomic E-state index is 6.61. The third-order valence-corrected chi connectivity index (χ3v) is 1.95. The van der Waals surface area contributed by atoms with Crippen LogP contribution in [0.2, 0.25) is 0 Å². The van der Waals surface area contributed by atoms with Gasteiger partial charge in [0, 0.05) is 0 Å². The van der Waals surface area contributed by atoms with Crippen LogP contribution in [0.4, 0.5) is 30.7 Å². The molecule has 0 saturated heterocycles. The summed E-state index contributed by atoms with van der Waals surface area (Å²) in [6.07, 6.45) is -6.79. The predicted molar refractivity (Wildman–Crippen MR) is 27.5 cm³/mol. The lowest BCUT2D eigenvalue weighted by molar-refractivity contribution is -0.333. The maximum absolute atomic E-state index is 11.9. The Kier molecular flexibility index (Phi) is 2.83. The van der Waals surface area contributed by atoms with Gasteiger partial charge in [0.2, 0.25) is 0 Å². The van der Waals surface area contributed by atoms with Crippen LogP contribution < -0.4 is 0 Å². The van der Waals surface area contributed by atoms with E-state index in [0.29, 0.717) is 0 Å². The molecule has 0 aliphatic rings. The molecular formula is C3HF7O3S. The molecule has 86 valence electrons. The van der Waals surface area contributed by atoms with Crippen molar-refractivity contribution in [1.82, 2.24) is 0 Å². The van der Waals surface area contributed by atoms with Crippen molar-refractivity contribution in [2.24, 2.45) is 0 Å². The number of hydrogen-bond acceptors (Lipinski definition) is 2. The zero-order valence-corrected chi connectivity index (χ0v) is 6.63. The van der Waals surface area contributed by atoms with Crippen molar-refractivity contribution >= 4 is 10.1 Å². The largest absolute Gasteiger partial charge is 0.461 e. The maximum atomic E-state index is 11.9. The van der Waals surface area contributed by atoms with Crippen molar-refractivity contribution in [3.63, 3.8) is 0 Å². The van der Waals surface area contributed by atoms with Gasteiger partial charge in [-0.15, -0.1) is 0 Å². The van der Waals surface area contributed by atoms with Gasteiger partial charge in [-0.2, -0.15) is 39.2 Å². The molecule has 0 fully saturated rings. The summed E-state index contributed by atoms with van der Waals surface area (Å²) >= 11 is 0. The Labute approximate surface area is 72.3 Å². The SMILES string of the molecule is O=S(=O)(O)C(F)(F)C(F)(F)C(F)(F)F. The standard InChI is InChI=1S/C3HF7O3S/c4-1(5,2(6,7)8)3(9,10)14(11,12)13/h(H,11,12,13). The van der Waals surface area contributed by atoms with Crippen LogP contribution in [0, 0.1) is 0 Å². The quantitative estimate of drug-likeness (QED) is 0.599. The molecule has 11 heteroatoms. The molecule has 0 radical (unpaired) electrons. The first-order valence-electron chi connectivity index (χ1n) is 2.54. The first-order valence-corrected chi connectivity index (χ1v) is 3.98. The Bertz CT molecular complexity index is 314. The van der Waals surface area contributed by atoms with Crippen LogP contribution in [-0.2, 0) is 10.1 Å². The van der Waals surface area contributed by atoms with Crippen LogP contribution in [0.5, 0.6) is 0 Å². The van der Waals surface area contributed by atoms with E-state index in [1.54, 1.807) is 0 Å². The fraction of sp³-hybridized carbons (Fsp3) is 1.00. The van der Waals surface area contributed by atoms with E-state index in [9.17, 15) is 39.2 Å². The summed E-state index contributed by atoms with van der Waals surface area (Å²) < 4.78 is 108. The molecule has 0 aromatic rings. The highest BCUT2D eigenvalue weighted by Crippen LogP contribution is 2.48. The lowest BCUT2D eigenvalue weighted by atomic mass is 10.3. The van der Waals surface area contributed by atoms with Crippen molar-refractivity contribution in [3.05, 3.63) is 0 Å². The summed E-state index contributed by atoms with van der Waals surface area (Å²) in [7, 11) is -6.85. The molecule has 0 aliphatic heterocycles. The molecule has 0 unspecified atom stereocenters. The Hall–Kier alpha value is -0.580. The molecule has 3 nitrogen and oxygen atoms in total. The summed E-state index contributed by atoms with van der Waals surface area (Å²) in [6, 6.07) is 0. The van der Waals surface area contributed by atoms with Crippen LogP contribution in [0.25, 0.3) is 0 Å². The second kappa shape index (κ2) is 2.95. The van der Waals surface area contributed by atoms with Gasteiger partial charge in [-0.05, 0) is 0 Å². The van der Waals surface area contributed by atoms with Crippen molar-refractivity contribution < 1.29 is 43.7 Å². The van der Waals surface area contributed by atoms with Crippen molar-refractivity contribution in [1.29, 1.82) is 0 Å². The topological polar surface area (TPSA) is 54.4 Å². The summed E-state index contributed by atoms with van der Waals surface area (Å²) in [5, 5.41) is -6.61. The fourth-order valence-corrected chi connectivity index (χ4v) is 0.767. The van der Waals surface area contributed by atoms with Crippen molar-refractivity contribution in [2.75, 3.05) is 0 Å². The van der Waals surface area contributed by atoms with Gasteiger partial charge in [-0.25, -0.2) is 0 Å². The Morgan fingerprint density at radius 3 is 1.21 bits per heavy atom. The van der Waals surface area contributed by atoms with Gasteiger partial charge < -0.3 is 0 Å². The minimum atomic E-state index is -6.85. The summed E-state index contributed by atoms with van der Waals surface area (Å²) in [5.41, 5.74) is 0. The zero-order valence-electron chi connectivity index (χ0n) is 5.82. The third kappa shape index (κ3) is 1.78. The van der Waals surface area contributed by atoms with E-state index in [4.69, 9.17) is 4.55 Å². The summed E-state index contributed by atoms with van der Waals surface area (Å²) in [6.45, 7) is 0. The van der Waals surface area contributed by atoms with Gasteiger partial charge in [0.1, 0.15) is 0 Å². The van der Waals surface area contributed by atoms with E-state index in [1.807, 2.05) is 0 Å². The van der Waals surface area contributed by atoms with Crippen molar-refractivity contribution in [2.45, 2.75) is 17.4 Å². The summed E-state index contributed by atoms with van der Waals surface area (Å²) in [4.78, 5) is 0. The molecule has 0 aromatic carbocycles. The highest BCUT2D eigenvalue weighted by Gasteiger charge is 2.78. The van der Waals surface area contributed by atoms with Crippen LogP contribution in [0.3, 0.4) is 0 Å². The number of hydrogen-bond donors (Lipinski definition) is 1. The molecule has 0 aliphatic carbocycles. The molecule has 0 atom stereocenters. The normalized spacial score (nSPS) is 15.7. The molecule has 0 saturated carbocycles. The van der Waals surface area contributed by atoms with Gasteiger partial charge in [0.05, 0.1) is 0 Å². The maximum Gasteiger partial charge on any atom is 0.461 e. The number of halogens is 7. The summed E-state index contributed by atoms with van der Waals surface area (Å²) in [5.74, 6) is -6.85. The molecule has 0 amide bonds. The molecule has 0 aromatic heterocycles. The van der Waals surface area contributed by atoms with E-state index in [0.717, 1.165) is 0 Å². The molecule has 0 rings (SSSR count). The monoisotopic (exact) mass is 250 g/mol. The predicted octanol–water partition coefficient (Wildman–Crippen LogP) is 1.66. The van der Waals surface area contributed by atoms with Gasteiger partial charge in [-0.3, -0.25) is 4.55 Å². The lowest BCUT2D eigenvalue weighted by Gasteiger charge is -2.25. The minimum Gasteiger partial charge on any atom is -0.281 e. The van der Waals surface area contributed by atoms with E-state index in [-0.39, 0.29) is 0 Å². The first-order chi connectivity index (χ1) is 5.75. The molecule has 1 N–H and O–H groups in total. The molecule has 0 bridgehead atoms. The Morgan fingerprint density at radius 1 is 0.857 bits per heavy atom. The molecule has 0 heterocycles. The average Bonchev–Trinajstić information content (AvgIpc) is 1.81. The highest BCUT2D eigenvalue weighted by atomic mass is 32.2. The number of alkyl halides is 7. The van der Waals surface area contributed by atoms with E-state index in [2.05, 4.69) is 0 Å². The van der Waals surface area contributed by atoms with Gasteiger partial charge in [0.15, 0.2) is 0 Å². The Balaban J connectivity index is 5.54. The molecular weight excluding hydrogens is 249 g/mol. The van der Waals surface area contributed by atoms with Crippen LogP contribution in [-0.4, -0.2) is 30.3 Å². The molecule has 14 heavy (non-hydrogen) atoms. The second-order valence-corrected chi connectivity index (χ2v) is 3.53. The van der Waals surface area contributed by atoms with E-state index >= 15 is 0 Å². The smallest absolute Gasteiger partial charge is 0.281 e. The average molecular weight is 250 g/mol. The lowest BCUT2D eigenvalue weighted by Crippen LogP contribution is -2.55. The van der Waals surface area contributed by atoms with Gasteiger partial charge in [-0.1, -0.05) is 0 Å². The third-order valence-electron chi connectivity index (χ3n) is 1.05. The zero-order chi connectivity index (χ0) is 12.0. The number of rotatable bonds is 2. The van der Waals surface area contributed by atoms with Crippen LogP contribution >= 0.6 is 0 Å².